The van der Waals surface area contributed by atoms with Crippen molar-refractivity contribution in [1.29, 1.82) is 0 Å². The van der Waals surface area contributed by atoms with Gasteiger partial charge in [-0.3, -0.25) is 9.59 Å². The van der Waals surface area contributed by atoms with Crippen molar-refractivity contribution in [2.75, 3.05) is 13.2 Å². The Morgan fingerprint density at radius 2 is 0.676 bits per heavy atom. The van der Waals surface area contributed by atoms with Gasteiger partial charge in [-0.15, -0.1) is 0 Å². The van der Waals surface area contributed by atoms with Crippen LogP contribution in [0.15, 0.2) is 24.3 Å². The van der Waals surface area contributed by atoms with Crippen molar-refractivity contribution in [1.82, 2.24) is 5.32 Å². The third kappa shape index (κ3) is 59.6. The third-order valence-electron chi connectivity index (χ3n) is 15.8. The van der Waals surface area contributed by atoms with Gasteiger partial charge in [0.05, 0.1) is 25.4 Å². The monoisotopic (exact) mass is 1040 g/mol. The van der Waals surface area contributed by atoms with Gasteiger partial charge >= 0.3 is 5.97 Å². The zero-order valence-corrected chi connectivity index (χ0v) is 50.1. The summed E-state index contributed by atoms with van der Waals surface area (Å²) in [4.78, 5) is 24.6. The molecule has 0 aliphatic carbocycles. The lowest BCUT2D eigenvalue weighted by Crippen LogP contribution is -2.45. The van der Waals surface area contributed by atoms with E-state index in [1.165, 1.54) is 295 Å². The number of aliphatic hydroxyl groups is 2. The van der Waals surface area contributed by atoms with E-state index >= 15 is 0 Å². The van der Waals surface area contributed by atoms with E-state index in [0.717, 1.165) is 44.9 Å². The van der Waals surface area contributed by atoms with E-state index in [9.17, 15) is 19.8 Å². The zero-order valence-electron chi connectivity index (χ0n) is 50.1. The number of aliphatic hydroxyl groups excluding tert-OH is 2. The number of hydrogen-bond acceptors (Lipinski definition) is 5. The van der Waals surface area contributed by atoms with Crippen LogP contribution < -0.4 is 5.32 Å². The highest BCUT2D eigenvalue weighted by Crippen LogP contribution is 2.18. The van der Waals surface area contributed by atoms with Crippen molar-refractivity contribution in [3.63, 3.8) is 0 Å². The fourth-order valence-corrected chi connectivity index (χ4v) is 10.6. The van der Waals surface area contributed by atoms with Crippen LogP contribution in [-0.4, -0.2) is 47.4 Å². The fourth-order valence-electron chi connectivity index (χ4n) is 10.6. The Balaban J connectivity index is 3.42. The summed E-state index contributed by atoms with van der Waals surface area (Å²) in [6.45, 7) is 4.98. The number of carbonyl (C=O) groups excluding carboxylic acids is 2. The van der Waals surface area contributed by atoms with E-state index in [-0.39, 0.29) is 18.5 Å². The SMILES string of the molecule is CCCCCCCCCCCCCCCCCCCCC(=O)OCCCCCCCCCCC/C=C\C/C=C\CCCCCCCCCC(=O)NC(CO)C(O)CCCCCCCCCCCCCCCCCC. The largest absolute Gasteiger partial charge is 0.466 e. The summed E-state index contributed by atoms with van der Waals surface area (Å²) in [6.07, 6.45) is 79.2. The Labute approximate surface area is 462 Å². The van der Waals surface area contributed by atoms with Gasteiger partial charge in [0, 0.05) is 12.8 Å². The van der Waals surface area contributed by atoms with Gasteiger partial charge in [0.2, 0.25) is 5.91 Å². The molecule has 6 nitrogen and oxygen atoms in total. The van der Waals surface area contributed by atoms with Crippen LogP contribution in [0.5, 0.6) is 0 Å². The number of allylic oxidation sites excluding steroid dienone is 4. The summed E-state index contributed by atoms with van der Waals surface area (Å²) in [5.41, 5.74) is 0. The number of unbranched alkanes of at least 4 members (excludes halogenated alkanes) is 48. The Kier molecular flexibility index (Phi) is 62.4. The smallest absolute Gasteiger partial charge is 0.305 e. The predicted octanol–water partition coefficient (Wildman–Crippen LogP) is 21.4. The molecule has 0 aromatic carbocycles. The Hall–Kier alpha value is -1.66. The summed E-state index contributed by atoms with van der Waals surface area (Å²) in [6, 6.07) is -0.549. The van der Waals surface area contributed by atoms with Gasteiger partial charge in [-0.05, 0) is 57.8 Å². The lowest BCUT2D eigenvalue weighted by Gasteiger charge is -2.22. The first-order chi connectivity index (χ1) is 36.5. The van der Waals surface area contributed by atoms with Crippen LogP contribution in [0.25, 0.3) is 0 Å². The second kappa shape index (κ2) is 63.9. The number of esters is 1. The molecule has 0 aromatic heterocycles. The summed E-state index contributed by atoms with van der Waals surface area (Å²) in [5, 5.41) is 23.3. The molecule has 74 heavy (non-hydrogen) atoms. The molecule has 438 valence electrons. The van der Waals surface area contributed by atoms with Crippen LogP contribution in [0.4, 0.5) is 0 Å². The first-order valence-corrected chi connectivity index (χ1v) is 33.6. The second-order valence-electron chi connectivity index (χ2n) is 23.2. The Morgan fingerprint density at radius 1 is 0.378 bits per heavy atom. The minimum absolute atomic E-state index is 0.0121. The molecule has 0 aliphatic rings. The second-order valence-corrected chi connectivity index (χ2v) is 23.2. The first kappa shape index (κ1) is 72.3. The van der Waals surface area contributed by atoms with E-state index in [1.807, 2.05) is 0 Å². The van der Waals surface area contributed by atoms with Crippen molar-refractivity contribution in [3.05, 3.63) is 24.3 Å². The minimum atomic E-state index is -0.671. The number of carbonyl (C=O) groups is 2. The van der Waals surface area contributed by atoms with E-state index < -0.39 is 12.1 Å². The van der Waals surface area contributed by atoms with Gasteiger partial charge in [0.1, 0.15) is 0 Å². The molecule has 0 heterocycles. The minimum Gasteiger partial charge on any atom is -0.466 e. The van der Waals surface area contributed by atoms with E-state index in [0.29, 0.717) is 25.9 Å². The fraction of sp³-hybridized carbons (Fsp3) is 0.912. The van der Waals surface area contributed by atoms with E-state index in [4.69, 9.17) is 4.74 Å². The Bertz CT molecular complexity index is 1150. The topological polar surface area (TPSA) is 95.9 Å². The van der Waals surface area contributed by atoms with Gasteiger partial charge in [0.15, 0.2) is 0 Å². The Morgan fingerprint density at radius 3 is 1.03 bits per heavy atom. The lowest BCUT2D eigenvalue weighted by atomic mass is 10.0. The molecule has 0 aromatic rings. The molecule has 0 fully saturated rings. The van der Waals surface area contributed by atoms with Crippen LogP contribution in [0.2, 0.25) is 0 Å². The summed E-state index contributed by atoms with van der Waals surface area (Å²) in [7, 11) is 0. The molecule has 0 saturated heterocycles. The van der Waals surface area contributed by atoms with Crippen molar-refractivity contribution in [2.24, 2.45) is 0 Å². The van der Waals surface area contributed by atoms with Crippen molar-refractivity contribution in [3.8, 4) is 0 Å². The molecule has 2 unspecified atom stereocenters. The van der Waals surface area contributed by atoms with Crippen LogP contribution >= 0.6 is 0 Å². The molecule has 1 amide bonds. The number of ether oxygens (including phenoxy) is 1. The maximum atomic E-state index is 12.5. The van der Waals surface area contributed by atoms with Crippen molar-refractivity contribution < 1.29 is 24.5 Å². The highest BCUT2D eigenvalue weighted by Gasteiger charge is 2.20. The molecule has 0 saturated carbocycles. The van der Waals surface area contributed by atoms with Gasteiger partial charge in [-0.1, -0.05) is 327 Å². The first-order valence-electron chi connectivity index (χ1n) is 33.6. The highest BCUT2D eigenvalue weighted by atomic mass is 16.5. The zero-order chi connectivity index (χ0) is 53.6. The van der Waals surface area contributed by atoms with Crippen molar-refractivity contribution in [2.45, 2.75) is 386 Å². The van der Waals surface area contributed by atoms with E-state index in [1.54, 1.807) is 0 Å². The molecule has 2 atom stereocenters. The predicted molar refractivity (Wildman–Crippen MR) is 324 cm³/mol. The number of hydrogen-bond donors (Lipinski definition) is 3. The van der Waals surface area contributed by atoms with Gasteiger partial charge in [-0.2, -0.15) is 0 Å². The maximum Gasteiger partial charge on any atom is 0.305 e. The molecule has 0 radical (unpaired) electrons. The van der Waals surface area contributed by atoms with Crippen LogP contribution in [0.3, 0.4) is 0 Å². The molecular weight excluding hydrogens is 911 g/mol. The molecule has 0 spiro atoms. The number of nitrogens with one attached hydrogen (secondary N) is 1. The van der Waals surface area contributed by atoms with Crippen molar-refractivity contribution >= 4 is 11.9 Å². The average molecular weight is 1040 g/mol. The number of rotatable bonds is 63. The standard InChI is InChI=1S/C68H131NO5/c1-3-5-7-9-11-13-15-17-19-21-30-34-38-42-46-50-54-58-62-68(73)74-63-59-55-51-47-43-39-35-31-28-26-24-22-23-25-27-29-33-37-41-45-49-53-57-61-67(72)69-65(64-70)66(71)60-56-52-48-44-40-36-32-20-18-16-14-12-10-8-6-4-2/h22,24-25,27,65-66,70-71H,3-21,23,26,28-64H2,1-2H3,(H,69,72)/b24-22-,27-25-. The summed E-state index contributed by atoms with van der Waals surface area (Å²) < 4.78 is 5.50. The van der Waals surface area contributed by atoms with Crippen LogP contribution in [-0.2, 0) is 14.3 Å². The molecule has 6 heteroatoms. The quantitative estimate of drug-likeness (QED) is 0.0320. The van der Waals surface area contributed by atoms with Gasteiger partial charge in [0.25, 0.3) is 0 Å². The van der Waals surface area contributed by atoms with E-state index in [2.05, 4.69) is 43.5 Å². The summed E-state index contributed by atoms with van der Waals surface area (Å²) >= 11 is 0. The van der Waals surface area contributed by atoms with Gasteiger partial charge < -0.3 is 20.3 Å². The average Bonchev–Trinajstić information content (AvgIpc) is 3.40. The molecular formula is C68H131NO5. The molecule has 0 bridgehead atoms. The lowest BCUT2D eigenvalue weighted by molar-refractivity contribution is -0.143. The van der Waals surface area contributed by atoms with Crippen LogP contribution in [0.1, 0.15) is 373 Å². The third-order valence-corrected chi connectivity index (χ3v) is 15.8. The number of amides is 1. The molecule has 3 N–H and O–H groups in total. The van der Waals surface area contributed by atoms with Gasteiger partial charge in [-0.25, -0.2) is 0 Å². The normalized spacial score (nSPS) is 12.6. The molecule has 0 aliphatic heterocycles. The summed E-state index contributed by atoms with van der Waals surface area (Å²) in [5.74, 6) is -0.0306. The van der Waals surface area contributed by atoms with Crippen LogP contribution in [0, 0.1) is 0 Å². The molecule has 0 rings (SSSR count). The highest BCUT2D eigenvalue weighted by molar-refractivity contribution is 5.76. The maximum absolute atomic E-state index is 12.5.